The molecule has 4 heteroatoms. The van der Waals surface area contributed by atoms with Gasteiger partial charge in [0.15, 0.2) is 0 Å². The molecule has 1 aliphatic heterocycles. The van der Waals surface area contributed by atoms with E-state index in [-0.39, 0.29) is 0 Å². The largest absolute Gasteiger partial charge is 0.379 e. The van der Waals surface area contributed by atoms with Gasteiger partial charge in [-0.15, -0.1) is 0 Å². The van der Waals surface area contributed by atoms with Crippen molar-refractivity contribution in [2.75, 3.05) is 26.4 Å². The van der Waals surface area contributed by atoms with E-state index in [0.29, 0.717) is 6.10 Å². The number of hydrogen-bond acceptors (Lipinski definition) is 3. The van der Waals surface area contributed by atoms with Crippen LogP contribution < -0.4 is 5.32 Å². The monoisotopic (exact) mass is 297 g/mol. The topological polar surface area (TPSA) is 30.5 Å². The summed E-state index contributed by atoms with van der Waals surface area (Å²) >= 11 is 6.10. The SMILES string of the molecule is Cc1ccc(CNCCCOCC2CCCO2)cc1Cl. The third-order valence-corrected chi connectivity index (χ3v) is 3.94. The number of aryl methyl sites for hydroxylation is 1. The van der Waals surface area contributed by atoms with Gasteiger partial charge in [-0.05, 0) is 49.9 Å². The Balaban J connectivity index is 1.49. The van der Waals surface area contributed by atoms with E-state index in [1.807, 2.05) is 13.0 Å². The molecular formula is C16H24ClNO2. The van der Waals surface area contributed by atoms with Crippen LogP contribution >= 0.6 is 11.6 Å². The van der Waals surface area contributed by atoms with Crippen molar-refractivity contribution in [3.8, 4) is 0 Å². The van der Waals surface area contributed by atoms with Crippen molar-refractivity contribution in [2.24, 2.45) is 0 Å². The van der Waals surface area contributed by atoms with Crippen molar-refractivity contribution in [1.29, 1.82) is 0 Å². The maximum Gasteiger partial charge on any atom is 0.0809 e. The fraction of sp³-hybridized carbons (Fsp3) is 0.625. The number of rotatable bonds is 8. The fourth-order valence-corrected chi connectivity index (χ4v) is 2.47. The number of benzene rings is 1. The van der Waals surface area contributed by atoms with Crippen LogP contribution in [0.1, 0.15) is 30.4 Å². The van der Waals surface area contributed by atoms with Crippen LogP contribution in [0.25, 0.3) is 0 Å². The van der Waals surface area contributed by atoms with Crippen LogP contribution in [-0.2, 0) is 16.0 Å². The van der Waals surface area contributed by atoms with E-state index in [1.165, 1.54) is 12.0 Å². The smallest absolute Gasteiger partial charge is 0.0809 e. The molecule has 3 nitrogen and oxygen atoms in total. The highest BCUT2D eigenvalue weighted by molar-refractivity contribution is 6.31. The highest BCUT2D eigenvalue weighted by Gasteiger charge is 2.14. The molecule has 2 rings (SSSR count). The highest BCUT2D eigenvalue weighted by atomic mass is 35.5. The molecule has 0 bridgehead atoms. The molecule has 1 fully saturated rings. The van der Waals surface area contributed by atoms with Gasteiger partial charge in [0.05, 0.1) is 12.7 Å². The molecule has 1 atom stereocenters. The van der Waals surface area contributed by atoms with Gasteiger partial charge in [0.25, 0.3) is 0 Å². The molecule has 0 aromatic heterocycles. The summed E-state index contributed by atoms with van der Waals surface area (Å²) in [5.74, 6) is 0. The Kier molecular flexibility index (Phi) is 6.80. The molecule has 0 saturated carbocycles. The molecule has 1 heterocycles. The molecule has 0 spiro atoms. The Hall–Kier alpha value is -0.610. The van der Waals surface area contributed by atoms with E-state index in [9.17, 15) is 0 Å². The van der Waals surface area contributed by atoms with Gasteiger partial charge in [0.1, 0.15) is 0 Å². The van der Waals surface area contributed by atoms with Crippen molar-refractivity contribution in [2.45, 2.75) is 38.8 Å². The van der Waals surface area contributed by atoms with E-state index in [2.05, 4.69) is 17.4 Å². The molecule has 1 unspecified atom stereocenters. The lowest BCUT2D eigenvalue weighted by Crippen LogP contribution is -2.19. The van der Waals surface area contributed by atoms with Crippen LogP contribution in [0.3, 0.4) is 0 Å². The van der Waals surface area contributed by atoms with E-state index in [4.69, 9.17) is 21.1 Å². The molecule has 1 aromatic carbocycles. The van der Waals surface area contributed by atoms with E-state index in [0.717, 1.165) is 56.3 Å². The predicted octanol–water partition coefficient (Wildman–Crippen LogP) is 3.32. The molecule has 1 aromatic rings. The average Bonchev–Trinajstić information content (AvgIpc) is 2.95. The second-order valence-electron chi connectivity index (χ2n) is 5.32. The number of halogens is 1. The first-order valence-electron chi connectivity index (χ1n) is 7.41. The lowest BCUT2D eigenvalue weighted by atomic mass is 10.1. The van der Waals surface area contributed by atoms with E-state index >= 15 is 0 Å². The Morgan fingerprint density at radius 2 is 2.35 bits per heavy atom. The maximum atomic E-state index is 6.10. The summed E-state index contributed by atoms with van der Waals surface area (Å²) in [4.78, 5) is 0. The van der Waals surface area contributed by atoms with Crippen LogP contribution in [0.5, 0.6) is 0 Å². The van der Waals surface area contributed by atoms with Crippen molar-refractivity contribution < 1.29 is 9.47 Å². The summed E-state index contributed by atoms with van der Waals surface area (Å²) in [6.07, 6.45) is 3.67. The van der Waals surface area contributed by atoms with Crippen molar-refractivity contribution in [1.82, 2.24) is 5.32 Å². The number of hydrogen-bond donors (Lipinski definition) is 1. The molecule has 0 aliphatic carbocycles. The van der Waals surface area contributed by atoms with Gasteiger partial charge in [-0.2, -0.15) is 0 Å². The van der Waals surface area contributed by atoms with Gasteiger partial charge < -0.3 is 14.8 Å². The quantitative estimate of drug-likeness (QED) is 0.747. The van der Waals surface area contributed by atoms with Crippen molar-refractivity contribution in [3.63, 3.8) is 0 Å². The van der Waals surface area contributed by atoms with E-state index < -0.39 is 0 Å². The zero-order valence-corrected chi connectivity index (χ0v) is 12.9. The molecule has 0 amide bonds. The highest BCUT2D eigenvalue weighted by Crippen LogP contribution is 2.16. The number of ether oxygens (including phenoxy) is 2. The van der Waals surface area contributed by atoms with Gasteiger partial charge in [0.2, 0.25) is 0 Å². The van der Waals surface area contributed by atoms with Gasteiger partial charge in [-0.1, -0.05) is 23.7 Å². The first kappa shape index (κ1) is 15.8. The molecule has 1 aliphatic rings. The lowest BCUT2D eigenvalue weighted by molar-refractivity contribution is 0.0166. The third-order valence-electron chi connectivity index (χ3n) is 3.54. The Labute approximate surface area is 126 Å². The van der Waals surface area contributed by atoms with Gasteiger partial charge in [-0.3, -0.25) is 0 Å². The molecule has 1 N–H and O–H groups in total. The van der Waals surface area contributed by atoms with Gasteiger partial charge in [0, 0.05) is 24.8 Å². The second kappa shape index (κ2) is 8.63. The minimum absolute atomic E-state index is 0.331. The summed E-state index contributed by atoms with van der Waals surface area (Å²) < 4.78 is 11.1. The second-order valence-corrected chi connectivity index (χ2v) is 5.73. The van der Waals surface area contributed by atoms with Crippen LogP contribution in [0.15, 0.2) is 18.2 Å². The predicted molar refractivity (Wildman–Crippen MR) is 82.3 cm³/mol. The van der Waals surface area contributed by atoms with Crippen LogP contribution in [0.2, 0.25) is 5.02 Å². The molecule has 1 saturated heterocycles. The fourth-order valence-electron chi connectivity index (χ4n) is 2.27. The van der Waals surface area contributed by atoms with Crippen molar-refractivity contribution in [3.05, 3.63) is 34.3 Å². The molecule has 112 valence electrons. The van der Waals surface area contributed by atoms with Gasteiger partial charge >= 0.3 is 0 Å². The minimum Gasteiger partial charge on any atom is -0.379 e. The van der Waals surface area contributed by atoms with Crippen LogP contribution in [0, 0.1) is 6.92 Å². The summed E-state index contributed by atoms with van der Waals surface area (Å²) in [5, 5.41) is 4.24. The van der Waals surface area contributed by atoms with Crippen molar-refractivity contribution >= 4 is 11.6 Å². The van der Waals surface area contributed by atoms with Crippen LogP contribution in [-0.4, -0.2) is 32.5 Å². The minimum atomic E-state index is 0.331. The maximum absolute atomic E-state index is 6.10. The lowest BCUT2D eigenvalue weighted by Gasteiger charge is -2.10. The third kappa shape index (κ3) is 5.41. The Morgan fingerprint density at radius 3 is 3.10 bits per heavy atom. The molecular weight excluding hydrogens is 274 g/mol. The molecule has 0 radical (unpaired) electrons. The summed E-state index contributed by atoms with van der Waals surface area (Å²) in [7, 11) is 0. The number of nitrogens with one attached hydrogen (secondary N) is 1. The van der Waals surface area contributed by atoms with E-state index in [1.54, 1.807) is 0 Å². The molecule has 20 heavy (non-hydrogen) atoms. The first-order valence-corrected chi connectivity index (χ1v) is 7.78. The summed E-state index contributed by atoms with van der Waals surface area (Å²) in [6.45, 7) is 6.26. The zero-order valence-electron chi connectivity index (χ0n) is 12.2. The summed E-state index contributed by atoms with van der Waals surface area (Å²) in [5.41, 5.74) is 2.35. The Morgan fingerprint density at radius 1 is 1.45 bits per heavy atom. The van der Waals surface area contributed by atoms with Gasteiger partial charge in [-0.25, -0.2) is 0 Å². The van der Waals surface area contributed by atoms with Crippen LogP contribution in [0.4, 0.5) is 0 Å². The summed E-state index contributed by atoms with van der Waals surface area (Å²) in [6, 6.07) is 6.20. The zero-order chi connectivity index (χ0) is 14.2. The first-order chi connectivity index (χ1) is 9.75. The standard InChI is InChI=1S/C16H24ClNO2/c1-13-5-6-14(10-16(13)17)11-18-7-3-8-19-12-15-4-2-9-20-15/h5-6,10,15,18H,2-4,7-9,11-12H2,1H3. The Bertz CT molecular complexity index is 405. The average molecular weight is 298 g/mol. The normalized spacial score (nSPS) is 18.6.